The van der Waals surface area contributed by atoms with E-state index >= 15 is 0 Å². The first-order valence-corrected chi connectivity index (χ1v) is 9.59. The number of para-hydroxylation sites is 1. The number of hydrogen-bond donors (Lipinski definition) is 0. The van der Waals surface area contributed by atoms with Gasteiger partial charge in [0.2, 0.25) is 0 Å². The Morgan fingerprint density at radius 2 is 2.07 bits per heavy atom. The first kappa shape index (κ1) is 18.2. The van der Waals surface area contributed by atoms with Crippen molar-refractivity contribution in [2.45, 2.75) is 13.5 Å². The molecule has 0 fully saturated rings. The molecule has 0 aliphatic carbocycles. The number of fused-ring (bicyclic) bond motifs is 1. The van der Waals surface area contributed by atoms with Gasteiger partial charge in [-0.3, -0.25) is 9.69 Å². The zero-order chi connectivity index (χ0) is 19.5. The predicted octanol–water partition coefficient (Wildman–Crippen LogP) is 5.27. The van der Waals surface area contributed by atoms with E-state index in [0.717, 1.165) is 4.70 Å². The van der Waals surface area contributed by atoms with Gasteiger partial charge >= 0.3 is 0 Å². The zero-order valence-corrected chi connectivity index (χ0v) is 15.9. The van der Waals surface area contributed by atoms with Crippen molar-refractivity contribution < 1.29 is 18.3 Å². The summed E-state index contributed by atoms with van der Waals surface area (Å²) in [5.41, 5.74) is 0.941. The van der Waals surface area contributed by atoms with Crippen molar-refractivity contribution in [3.05, 3.63) is 78.0 Å². The number of carbonyl (C=O) groups is 1. The van der Waals surface area contributed by atoms with E-state index < -0.39 is 5.82 Å². The number of rotatable bonds is 6. The van der Waals surface area contributed by atoms with E-state index in [9.17, 15) is 9.18 Å². The van der Waals surface area contributed by atoms with Crippen molar-refractivity contribution in [1.29, 1.82) is 0 Å². The summed E-state index contributed by atoms with van der Waals surface area (Å²) >= 11 is 1.37. The smallest absolute Gasteiger partial charge is 0.260 e. The molecule has 2 aromatic carbocycles. The van der Waals surface area contributed by atoms with Crippen LogP contribution in [0, 0.1) is 5.82 Å². The maximum Gasteiger partial charge on any atom is 0.260 e. The minimum atomic E-state index is -0.466. The molecule has 0 spiro atoms. The Morgan fingerprint density at radius 3 is 2.82 bits per heavy atom. The van der Waals surface area contributed by atoms with Crippen LogP contribution in [0.5, 0.6) is 5.75 Å². The summed E-state index contributed by atoms with van der Waals surface area (Å²) in [4.78, 5) is 19.3. The molecule has 142 valence electrons. The van der Waals surface area contributed by atoms with E-state index in [-0.39, 0.29) is 18.0 Å². The summed E-state index contributed by atoms with van der Waals surface area (Å²) in [5, 5.41) is 0.493. The van der Waals surface area contributed by atoms with Crippen LogP contribution in [0.4, 0.5) is 9.52 Å². The molecule has 4 rings (SSSR count). The SMILES string of the molecule is CCOc1cccc2sc(N(Cc3ccco3)C(=O)c3cccc(F)c3)nc12. The molecule has 0 atom stereocenters. The molecule has 0 aliphatic rings. The molecule has 4 aromatic rings. The summed E-state index contributed by atoms with van der Waals surface area (Å²) < 4.78 is 25.6. The molecule has 2 heterocycles. The number of anilines is 1. The highest BCUT2D eigenvalue weighted by Gasteiger charge is 2.24. The molecule has 1 amide bonds. The largest absolute Gasteiger partial charge is 0.492 e. The molecular formula is C21H17FN2O3S. The van der Waals surface area contributed by atoms with Crippen LogP contribution in [0.3, 0.4) is 0 Å². The van der Waals surface area contributed by atoms with Crippen LogP contribution in [0.1, 0.15) is 23.0 Å². The Bertz CT molecular complexity index is 1110. The fourth-order valence-electron chi connectivity index (χ4n) is 2.86. The number of halogens is 1. The number of benzene rings is 2. The van der Waals surface area contributed by atoms with Gasteiger partial charge in [-0.15, -0.1) is 0 Å². The Labute approximate surface area is 165 Å². The third-order valence-electron chi connectivity index (χ3n) is 4.11. The van der Waals surface area contributed by atoms with Gasteiger partial charge in [0.1, 0.15) is 22.8 Å². The normalized spacial score (nSPS) is 10.9. The number of aromatic nitrogens is 1. The first-order valence-electron chi connectivity index (χ1n) is 8.78. The Balaban J connectivity index is 1.78. The van der Waals surface area contributed by atoms with E-state index in [0.29, 0.717) is 28.8 Å². The predicted molar refractivity (Wildman–Crippen MR) is 106 cm³/mol. The Morgan fingerprint density at radius 1 is 1.21 bits per heavy atom. The minimum Gasteiger partial charge on any atom is -0.492 e. The Kier molecular flexibility index (Phi) is 5.08. The summed E-state index contributed by atoms with van der Waals surface area (Å²) in [6.07, 6.45) is 1.55. The average Bonchev–Trinajstić information content (AvgIpc) is 3.36. The molecule has 0 aliphatic heterocycles. The number of thiazole rings is 1. The lowest BCUT2D eigenvalue weighted by molar-refractivity contribution is 0.0983. The molecule has 0 saturated heterocycles. The van der Waals surface area contributed by atoms with E-state index in [1.807, 2.05) is 25.1 Å². The van der Waals surface area contributed by atoms with E-state index in [2.05, 4.69) is 4.98 Å². The van der Waals surface area contributed by atoms with Crippen LogP contribution in [0.2, 0.25) is 0 Å². The number of ether oxygens (including phenoxy) is 1. The summed E-state index contributed by atoms with van der Waals surface area (Å²) in [6.45, 7) is 2.61. The van der Waals surface area contributed by atoms with Crippen molar-refractivity contribution in [3.63, 3.8) is 0 Å². The average molecular weight is 396 g/mol. The van der Waals surface area contributed by atoms with Crippen molar-refractivity contribution >= 4 is 32.6 Å². The van der Waals surface area contributed by atoms with Gasteiger partial charge in [-0.05, 0) is 49.4 Å². The lowest BCUT2D eigenvalue weighted by atomic mass is 10.2. The second-order valence-electron chi connectivity index (χ2n) is 6.01. The topological polar surface area (TPSA) is 55.6 Å². The maximum atomic E-state index is 13.7. The molecule has 2 aromatic heterocycles. The second-order valence-corrected chi connectivity index (χ2v) is 7.02. The molecule has 28 heavy (non-hydrogen) atoms. The second kappa shape index (κ2) is 7.82. The fourth-order valence-corrected chi connectivity index (χ4v) is 3.84. The van der Waals surface area contributed by atoms with Gasteiger partial charge in [0.25, 0.3) is 5.91 Å². The molecule has 0 saturated carbocycles. The lowest BCUT2D eigenvalue weighted by Gasteiger charge is -2.18. The van der Waals surface area contributed by atoms with Crippen molar-refractivity contribution in [3.8, 4) is 5.75 Å². The molecule has 0 N–H and O–H groups in total. The third-order valence-corrected chi connectivity index (χ3v) is 5.16. The van der Waals surface area contributed by atoms with Gasteiger partial charge in [-0.2, -0.15) is 0 Å². The number of hydrogen-bond acceptors (Lipinski definition) is 5. The van der Waals surface area contributed by atoms with Crippen LogP contribution in [0.25, 0.3) is 10.2 Å². The van der Waals surface area contributed by atoms with Crippen LogP contribution in [0.15, 0.2) is 65.3 Å². The van der Waals surface area contributed by atoms with Crippen LogP contribution in [-0.2, 0) is 6.54 Å². The Hall–Kier alpha value is -3.19. The monoisotopic (exact) mass is 396 g/mol. The molecule has 0 unspecified atom stereocenters. The van der Waals surface area contributed by atoms with Gasteiger partial charge in [0.15, 0.2) is 5.13 Å². The molecule has 5 nitrogen and oxygen atoms in total. The van der Waals surface area contributed by atoms with Crippen LogP contribution >= 0.6 is 11.3 Å². The highest BCUT2D eigenvalue weighted by atomic mass is 32.1. The quantitative estimate of drug-likeness (QED) is 0.445. The number of furan rings is 1. The van der Waals surface area contributed by atoms with E-state index in [4.69, 9.17) is 9.15 Å². The van der Waals surface area contributed by atoms with Gasteiger partial charge < -0.3 is 9.15 Å². The minimum absolute atomic E-state index is 0.187. The molecular weight excluding hydrogens is 379 g/mol. The van der Waals surface area contributed by atoms with Gasteiger partial charge in [-0.1, -0.05) is 23.5 Å². The molecule has 0 bridgehead atoms. The van der Waals surface area contributed by atoms with Crippen molar-refractivity contribution in [2.24, 2.45) is 0 Å². The number of carbonyl (C=O) groups excluding carboxylic acids is 1. The van der Waals surface area contributed by atoms with E-state index in [1.54, 1.807) is 24.5 Å². The third kappa shape index (κ3) is 3.61. The zero-order valence-electron chi connectivity index (χ0n) is 15.1. The van der Waals surface area contributed by atoms with Crippen LogP contribution < -0.4 is 9.64 Å². The van der Waals surface area contributed by atoms with Crippen molar-refractivity contribution in [2.75, 3.05) is 11.5 Å². The molecule has 7 heteroatoms. The maximum absolute atomic E-state index is 13.7. The summed E-state index contributed by atoms with van der Waals surface area (Å²) in [6, 6.07) is 14.8. The van der Waals surface area contributed by atoms with Crippen LogP contribution in [-0.4, -0.2) is 17.5 Å². The summed E-state index contributed by atoms with van der Waals surface area (Å²) in [7, 11) is 0. The van der Waals surface area contributed by atoms with Gasteiger partial charge in [-0.25, -0.2) is 9.37 Å². The van der Waals surface area contributed by atoms with Gasteiger partial charge in [0.05, 0.1) is 24.1 Å². The number of amides is 1. The number of nitrogens with zero attached hydrogens (tertiary/aromatic N) is 2. The van der Waals surface area contributed by atoms with Gasteiger partial charge in [0, 0.05) is 5.56 Å². The fraction of sp³-hybridized carbons (Fsp3) is 0.143. The van der Waals surface area contributed by atoms with E-state index in [1.165, 1.54) is 34.4 Å². The van der Waals surface area contributed by atoms with Crippen molar-refractivity contribution in [1.82, 2.24) is 4.98 Å². The molecule has 0 radical (unpaired) electrons. The first-order chi connectivity index (χ1) is 13.7. The summed E-state index contributed by atoms with van der Waals surface area (Å²) in [5.74, 6) is 0.451. The lowest BCUT2D eigenvalue weighted by Crippen LogP contribution is -2.30. The highest BCUT2D eigenvalue weighted by molar-refractivity contribution is 7.22. The standard InChI is InChI=1S/C21H17FN2O3S/c1-2-26-17-9-4-10-18-19(17)23-21(28-18)24(13-16-8-5-11-27-16)20(25)14-6-3-7-15(22)12-14/h3-12H,2,13H2,1H3. The highest BCUT2D eigenvalue weighted by Crippen LogP contribution is 2.35.